The Morgan fingerprint density at radius 1 is 0.640 bits per heavy atom. The number of fused-ring (bicyclic) bond motifs is 3. The smallest absolute Gasteiger partial charge is 0.161 e. The molecule has 4 rings (SSSR count). The SMILES string of the molecule is COc1cc2cc(Cc3ccccc3)c3ccccc3c2cc1OC. The van der Waals surface area contributed by atoms with Gasteiger partial charge < -0.3 is 9.47 Å². The molecule has 2 nitrogen and oxygen atoms in total. The van der Waals surface area contributed by atoms with Gasteiger partial charge in [-0.3, -0.25) is 0 Å². The van der Waals surface area contributed by atoms with Crippen molar-refractivity contribution >= 4 is 21.5 Å². The van der Waals surface area contributed by atoms with Crippen LogP contribution in [0.3, 0.4) is 0 Å². The van der Waals surface area contributed by atoms with E-state index in [1.165, 1.54) is 32.7 Å². The Morgan fingerprint density at radius 3 is 2.00 bits per heavy atom. The van der Waals surface area contributed by atoms with Crippen molar-refractivity contribution in [1.29, 1.82) is 0 Å². The van der Waals surface area contributed by atoms with E-state index in [2.05, 4.69) is 72.8 Å². The van der Waals surface area contributed by atoms with Crippen LogP contribution in [0.25, 0.3) is 21.5 Å². The lowest BCUT2D eigenvalue weighted by Gasteiger charge is -2.14. The fourth-order valence-electron chi connectivity index (χ4n) is 3.47. The fourth-order valence-corrected chi connectivity index (χ4v) is 3.47. The lowest BCUT2D eigenvalue weighted by Crippen LogP contribution is -1.94. The van der Waals surface area contributed by atoms with Crippen LogP contribution in [0.1, 0.15) is 11.1 Å². The highest BCUT2D eigenvalue weighted by Crippen LogP contribution is 2.37. The molecule has 2 heteroatoms. The van der Waals surface area contributed by atoms with E-state index in [0.717, 1.165) is 17.9 Å². The molecule has 0 saturated heterocycles. The molecule has 0 unspecified atom stereocenters. The molecule has 0 heterocycles. The van der Waals surface area contributed by atoms with Crippen LogP contribution in [-0.4, -0.2) is 14.2 Å². The first-order valence-corrected chi connectivity index (χ1v) is 8.40. The Hall–Kier alpha value is -3.00. The third-order valence-corrected chi connectivity index (χ3v) is 4.69. The van der Waals surface area contributed by atoms with Crippen molar-refractivity contribution in [2.75, 3.05) is 14.2 Å². The minimum atomic E-state index is 0.760. The van der Waals surface area contributed by atoms with Gasteiger partial charge in [0.2, 0.25) is 0 Å². The van der Waals surface area contributed by atoms with E-state index in [4.69, 9.17) is 9.47 Å². The summed E-state index contributed by atoms with van der Waals surface area (Å²) < 4.78 is 11.0. The Morgan fingerprint density at radius 2 is 1.28 bits per heavy atom. The van der Waals surface area contributed by atoms with Gasteiger partial charge in [-0.15, -0.1) is 0 Å². The maximum atomic E-state index is 5.49. The van der Waals surface area contributed by atoms with Gasteiger partial charge in [-0.25, -0.2) is 0 Å². The predicted molar refractivity (Wildman–Crippen MR) is 104 cm³/mol. The minimum absolute atomic E-state index is 0.760. The van der Waals surface area contributed by atoms with Crippen molar-refractivity contribution in [3.63, 3.8) is 0 Å². The summed E-state index contributed by atoms with van der Waals surface area (Å²) in [6.07, 6.45) is 0.908. The molecule has 0 aliphatic heterocycles. The van der Waals surface area contributed by atoms with E-state index in [-0.39, 0.29) is 0 Å². The molecule has 124 valence electrons. The van der Waals surface area contributed by atoms with Crippen molar-refractivity contribution in [1.82, 2.24) is 0 Å². The average molecular weight is 328 g/mol. The van der Waals surface area contributed by atoms with E-state index in [9.17, 15) is 0 Å². The van der Waals surface area contributed by atoms with Crippen molar-refractivity contribution < 1.29 is 9.47 Å². The molecule has 0 bridgehead atoms. The van der Waals surface area contributed by atoms with Crippen molar-refractivity contribution in [2.45, 2.75) is 6.42 Å². The number of rotatable bonds is 4. The van der Waals surface area contributed by atoms with E-state index in [1.54, 1.807) is 14.2 Å². The van der Waals surface area contributed by atoms with Gasteiger partial charge in [0.25, 0.3) is 0 Å². The van der Waals surface area contributed by atoms with Gasteiger partial charge in [-0.2, -0.15) is 0 Å². The summed E-state index contributed by atoms with van der Waals surface area (Å²) in [7, 11) is 3.35. The van der Waals surface area contributed by atoms with Gasteiger partial charge in [0.1, 0.15) is 0 Å². The van der Waals surface area contributed by atoms with Gasteiger partial charge in [0, 0.05) is 0 Å². The van der Waals surface area contributed by atoms with Crippen molar-refractivity contribution in [3.05, 3.63) is 83.9 Å². The highest BCUT2D eigenvalue weighted by atomic mass is 16.5. The molecule has 0 aliphatic rings. The topological polar surface area (TPSA) is 18.5 Å². The first-order valence-electron chi connectivity index (χ1n) is 8.40. The van der Waals surface area contributed by atoms with Crippen LogP contribution in [0.4, 0.5) is 0 Å². The predicted octanol–water partition coefficient (Wildman–Crippen LogP) is 5.60. The van der Waals surface area contributed by atoms with Gasteiger partial charge in [-0.05, 0) is 51.2 Å². The summed E-state index contributed by atoms with van der Waals surface area (Å²) in [5.41, 5.74) is 2.63. The first kappa shape index (κ1) is 15.5. The molecule has 0 saturated carbocycles. The molecule has 4 aromatic carbocycles. The molecule has 0 amide bonds. The zero-order valence-corrected chi connectivity index (χ0v) is 14.5. The van der Waals surface area contributed by atoms with E-state index < -0.39 is 0 Å². The Balaban J connectivity index is 1.99. The average Bonchev–Trinajstić information content (AvgIpc) is 2.68. The zero-order valence-electron chi connectivity index (χ0n) is 14.5. The number of hydrogen-bond acceptors (Lipinski definition) is 2. The molecular formula is C23H20O2. The van der Waals surface area contributed by atoms with Crippen LogP contribution in [0.15, 0.2) is 72.8 Å². The van der Waals surface area contributed by atoms with Crippen molar-refractivity contribution in [2.24, 2.45) is 0 Å². The molecule has 0 radical (unpaired) electrons. The largest absolute Gasteiger partial charge is 0.493 e. The van der Waals surface area contributed by atoms with Gasteiger partial charge >= 0.3 is 0 Å². The normalized spacial score (nSPS) is 11.0. The van der Waals surface area contributed by atoms with Crippen LogP contribution in [0, 0.1) is 0 Å². The molecule has 0 aliphatic carbocycles. The van der Waals surface area contributed by atoms with E-state index in [0.29, 0.717) is 0 Å². The fraction of sp³-hybridized carbons (Fsp3) is 0.130. The first-order chi connectivity index (χ1) is 12.3. The highest BCUT2D eigenvalue weighted by Gasteiger charge is 2.11. The second kappa shape index (κ2) is 6.48. The minimum Gasteiger partial charge on any atom is -0.493 e. The molecule has 0 spiro atoms. The van der Waals surface area contributed by atoms with Gasteiger partial charge in [0.15, 0.2) is 11.5 Å². The second-order valence-electron chi connectivity index (χ2n) is 6.17. The van der Waals surface area contributed by atoms with Gasteiger partial charge in [-0.1, -0.05) is 60.7 Å². The van der Waals surface area contributed by atoms with E-state index in [1.807, 2.05) is 0 Å². The van der Waals surface area contributed by atoms with Crippen LogP contribution >= 0.6 is 0 Å². The standard InChI is InChI=1S/C23H20O2/c1-24-22-14-18-13-17(12-16-8-4-3-5-9-16)19-10-6-7-11-20(19)21(18)15-23(22)25-2/h3-11,13-15H,12H2,1-2H3. The van der Waals surface area contributed by atoms with Crippen LogP contribution < -0.4 is 9.47 Å². The lowest BCUT2D eigenvalue weighted by atomic mass is 9.93. The summed E-state index contributed by atoms with van der Waals surface area (Å²) >= 11 is 0. The highest BCUT2D eigenvalue weighted by molar-refractivity contribution is 6.10. The quantitative estimate of drug-likeness (QED) is 0.454. The summed E-state index contributed by atoms with van der Waals surface area (Å²) in [4.78, 5) is 0. The summed E-state index contributed by atoms with van der Waals surface area (Å²) in [6, 6.07) is 25.6. The molecule has 0 atom stereocenters. The van der Waals surface area contributed by atoms with Crippen LogP contribution in [0.5, 0.6) is 11.5 Å². The zero-order chi connectivity index (χ0) is 17.2. The summed E-state index contributed by atoms with van der Waals surface area (Å²) in [5.74, 6) is 1.52. The van der Waals surface area contributed by atoms with E-state index >= 15 is 0 Å². The summed E-state index contributed by atoms with van der Waals surface area (Å²) in [6.45, 7) is 0. The number of ether oxygens (including phenoxy) is 2. The lowest BCUT2D eigenvalue weighted by molar-refractivity contribution is 0.356. The number of benzene rings is 4. The molecule has 0 fully saturated rings. The molecule has 0 N–H and O–H groups in total. The third kappa shape index (κ3) is 2.80. The monoisotopic (exact) mass is 328 g/mol. The maximum absolute atomic E-state index is 5.49. The third-order valence-electron chi connectivity index (χ3n) is 4.69. The maximum Gasteiger partial charge on any atom is 0.161 e. The van der Waals surface area contributed by atoms with Crippen LogP contribution in [0.2, 0.25) is 0 Å². The Bertz CT molecular complexity index is 1040. The van der Waals surface area contributed by atoms with Crippen LogP contribution in [-0.2, 0) is 6.42 Å². The molecule has 0 aromatic heterocycles. The van der Waals surface area contributed by atoms with Gasteiger partial charge in [0.05, 0.1) is 14.2 Å². The second-order valence-corrected chi connectivity index (χ2v) is 6.17. The molecular weight excluding hydrogens is 308 g/mol. The summed E-state index contributed by atoms with van der Waals surface area (Å²) in [5, 5.41) is 4.88. The number of hydrogen-bond donors (Lipinski definition) is 0. The molecule has 25 heavy (non-hydrogen) atoms. The number of methoxy groups -OCH3 is 2. The van der Waals surface area contributed by atoms with Crippen molar-refractivity contribution in [3.8, 4) is 11.5 Å². The molecule has 4 aromatic rings. The Kier molecular flexibility index (Phi) is 4.02. The Labute approximate surface area is 147 Å².